The standard InChI is InChI=1S/C21H20N2O3S/c1-3-26-20(25)17-14(2)22-21(27)23(18(17)15-10-6-4-7-11-15)19(24)16-12-8-5-9-13-16/h4-13,18H,3H2,1-2H3,(H,22,27)/t18-/m0/s1. The van der Waals surface area contributed by atoms with Gasteiger partial charge in [0.1, 0.15) is 0 Å². The lowest BCUT2D eigenvalue weighted by molar-refractivity contribution is -0.139. The largest absolute Gasteiger partial charge is 0.463 e. The minimum atomic E-state index is -0.660. The highest BCUT2D eigenvalue weighted by atomic mass is 32.1. The lowest BCUT2D eigenvalue weighted by Gasteiger charge is -2.38. The van der Waals surface area contributed by atoms with Gasteiger partial charge in [-0.25, -0.2) is 4.79 Å². The maximum absolute atomic E-state index is 13.3. The summed E-state index contributed by atoms with van der Waals surface area (Å²) in [6, 6.07) is 17.6. The summed E-state index contributed by atoms with van der Waals surface area (Å²) in [5, 5.41) is 3.24. The molecule has 3 rings (SSSR count). The molecule has 0 aromatic heterocycles. The Morgan fingerprint density at radius 2 is 1.67 bits per heavy atom. The van der Waals surface area contributed by atoms with Gasteiger partial charge in [-0.05, 0) is 43.8 Å². The summed E-state index contributed by atoms with van der Waals surface area (Å²) in [6.45, 7) is 3.76. The summed E-state index contributed by atoms with van der Waals surface area (Å²) in [5.74, 6) is -0.749. The van der Waals surface area contributed by atoms with Crippen LogP contribution in [0.2, 0.25) is 0 Å². The highest BCUT2D eigenvalue weighted by Gasteiger charge is 2.40. The van der Waals surface area contributed by atoms with Crippen molar-refractivity contribution in [2.75, 3.05) is 6.61 Å². The van der Waals surface area contributed by atoms with Crippen LogP contribution in [0.25, 0.3) is 0 Å². The molecule has 1 aliphatic heterocycles. The van der Waals surface area contributed by atoms with E-state index in [-0.39, 0.29) is 17.6 Å². The van der Waals surface area contributed by atoms with E-state index in [4.69, 9.17) is 17.0 Å². The number of carbonyl (C=O) groups is 2. The second kappa shape index (κ2) is 8.14. The predicted octanol–water partition coefficient (Wildman–Crippen LogP) is 3.60. The molecule has 0 aliphatic carbocycles. The van der Waals surface area contributed by atoms with Crippen LogP contribution in [0.4, 0.5) is 0 Å². The number of amides is 1. The number of carbonyl (C=O) groups excluding carboxylic acids is 2. The van der Waals surface area contributed by atoms with Crippen molar-refractivity contribution >= 4 is 29.2 Å². The number of rotatable bonds is 4. The van der Waals surface area contributed by atoms with Gasteiger partial charge in [-0.3, -0.25) is 9.69 Å². The number of esters is 1. The van der Waals surface area contributed by atoms with E-state index in [2.05, 4.69) is 5.32 Å². The molecule has 2 aromatic carbocycles. The molecular formula is C21H20N2O3S. The molecule has 0 bridgehead atoms. The van der Waals surface area contributed by atoms with E-state index in [1.165, 1.54) is 4.90 Å². The second-order valence-corrected chi connectivity index (χ2v) is 6.43. The number of hydrogen-bond donors (Lipinski definition) is 1. The molecule has 6 heteroatoms. The third kappa shape index (κ3) is 3.75. The highest BCUT2D eigenvalue weighted by Crippen LogP contribution is 2.35. The summed E-state index contributed by atoms with van der Waals surface area (Å²) in [5.41, 5.74) is 2.24. The van der Waals surface area contributed by atoms with E-state index >= 15 is 0 Å². The van der Waals surface area contributed by atoms with Crippen LogP contribution in [0.1, 0.15) is 35.8 Å². The van der Waals surface area contributed by atoms with Crippen molar-refractivity contribution in [3.05, 3.63) is 83.1 Å². The molecule has 0 fully saturated rings. The maximum atomic E-state index is 13.3. The van der Waals surface area contributed by atoms with Gasteiger partial charge in [-0.1, -0.05) is 48.5 Å². The predicted molar refractivity (Wildman–Crippen MR) is 107 cm³/mol. The Balaban J connectivity index is 2.14. The van der Waals surface area contributed by atoms with Crippen LogP contribution in [0.3, 0.4) is 0 Å². The molecule has 0 radical (unpaired) electrons. The van der Waals surface area contributed by atoms with Crippen molar-refractivity contribution in [2.24, 2.45) is 0 Å². The van der Waals surface area contributed by atoms with Crippen molar-refractivity contribution in [3.8, 4) is 0 Å². The van der Waals surface area contributed by atoms with Gasteiger partial charge in [-0.2, -0.15) is 0 Å². The third-order valence-electron chi connectivity index (χ3n) is 4.30. The number of nitrogens with zero attached hydrogens (tertiary/aromatic N) is 1. The zero-order valence-electron chi connectivity index (χ0n) is 15.1. The van der Waals surface area contributed by atoms with Gasteiger partial charge in [0.05, 0.1) is 18.2 Å². The monoisotopic (exact) mass is 380 g/mol. The number of ether oxygens (including phenoxy) is 1. The molecule has 5 nitrogen and oxygen atoms in total. The minimum absolute atomic E-state index is 0.244. The van der Waals surface area contributed by atoms with Crippen LogP contribution in [0.15, 0.2) is 71.9 Å². The first-order chi connectivity index (χ1) is 13.0. The van der Waals surface area contributed by atoms with Crippen LogP contribution >= 0.6 is 12.2 Å². The summed E-state index contributed by atoms with van der Waals surface area (Å²) in [4.78, 5) is 27.4. The number of thiocarbonyl (C=S) groups is 1. The zero-order valence-corrected chi connectivity index (χ0v) is 16.0. The molecule has 1 N–H and O–H groups in total. The molecule has 2 aromatic rings. The minimum Gasteiger partial charge on any atom is -0.463 e. The van der Waals surface area contributed by atoms with Crippen molar-refractivity contribution < 1.29 is 14.3 Å². The summed E-state index contributed by atoms with van der Waals surface area (Å²) < 4.78 is 5.25. The Hall–Kier alpha value is -2.99. The van der Waals surface area contributed by atoms with Crippen LogP contribution in [-0.2, 0) is 9.53 Å². The SMILES string of the molecule is CCOC(=O)C1=C(C)NC(=S)N(C(=O)c2ccccc2)[C@H]1c1ccccc1. The van der Waals surface area contributed by atoms with E-state index in [1.54, 1.807) is 38.1 Å². The Labute approximate surface area is 163 Å². The first-order valence-corrected chi connectivity index (χ1v) is 9.07. The van der Waals surface area contributed by atoms with Crippen molar-refractivity contribution in [1.29, 1.82) is 0 Å². The van der Waals surface area contributed by atoms with Crippen LogP contribution in [0, 0.1) is 0 Å². The van der Waals surface area contributed by atoms with Gasteiger partial charge in [-0.15, -0.1) is 0 Å². The first kappa shape index (κ1) is 18.8. The Morgan fingerprint density at radius 1 is 1.07 bits per heavy atom. The normalized spacial score (nSPS) is 16.7. The molecule has 0 unspecified atom stereocenters. The number of benzene rings is 2. The third-order valence-corrected chi connectivity index (χ3v) is 4.60. The Kier molecular flexibility index (Phi) is 5.66. The fourth-order valence-electron chi connectivity index (χ4n) is 3.09. The molecular weight excluding hydrogens is 360 g/mol. The van der Waals surface area contributed by atoms with Crippen molar-refractivity contribution in [2.45, 2.75) is 19.9 Å². The molecule has 1 heterocycles. The average molecular weight is 380 g/mol. The molecule has 0 saturated heterocycles. The highest BCUT2D eigenvalue weighted by molar-refractivity contribution is 7.80. The quantitative estimate of drug-likeness (QED) is 0.649. The average Bonchev–Trinajstić information content (AvgIpc) is 2.68. The maximum Gasteiger partial charge on any atom is 0.338 e. The molecule has 27 heavy (non-hydrogen) atoms. The lowest BCUT2D eigenvalue weighted by atomic mass is 9.93. The lowest BCUT2D eigenvalue weighted by Crippen LogP contribution is -2.51. The number of hydrogen-bond acceptors (Lipinski definition) is 4. The first-order valence-electron chi connectivity index (χ1n) is 8.67. The molecule has 1 amide bonds. The summed E-state index contributed by atoms with van der Waals surface area (Å²) >= 11 is 5.47. The van der Waals surface area contributed by atoms with Gasteiger partial charge in [0.25, 0.3) is 5.91 Å². The van der Waals surface area contributed by atoms with Gasteiger partial charge in [0, 0.05) is 11.3 Å². The van der Waals surface area contributed by atoms with E-state index in [1.807, 2.05) is 36.4 Å². The fraction of sp³-hybridized carbons (Fsp3) is 0.190. The van der Waals surface area contributed by atoms with Crippen LogP contribution in [-0.4, -0.2) is 28.5 Å². The smallest absolute Gasteiger partial charge is 0.338 e. The van der Waals surface area contributed by atoms with Crippen LogP contribution in [0.5, 0.6) is 0 Å². The van der Waals surface area contributed by atoms with E-state index in [0.29, 0.717) is 16.8 Å². The molecule has 138 valence electrons. The van der Waals surface area contributed by atoms with E-state index < -0.39 is 12.0 Å². The number of nitrogens with one attached hydrogen (secondary N) is 1. The zero-order chi connectivity index (χ0) is 19.4. The van der Waals surface area contributed by atoms with E-state index in [9.17, 15) is 9.59 Å². The number of allylic oxidation sites excluding steroid dienone is 1. The van der Waals surface area contributed by atoms with Crippen molar-refractivity contribution in [3.63, 3.8) is 0 Å². The van der Waals surface area contributed by atoms with Crippen molar-refractivity contribution in [1.82, 2.24) is 10.2 Å². The Bertz CT molecular complexity index is 894. The van der Waals surface area contributed by atoms with Gasteiger partial charge in [0.2, 0.25) is 0 Å². The second-order valence-electron chi connectivity index (χ2n) is 6.04. The van der Waals surface area contributed by atoms with Crippen LogP contribution < -0.4 is 5.32 Å². The molecule has 1 atom stereocenters. The Morgan fingerprint density at radius 3 is 2.26 bits per heavy atom. The molecule has 1 aliphatic rings. The van der Waals surface area contributed by atoms with Gasteiger partial charge >= 0.3 is 5.97 Å². The molecule has 0 spiro atoms. The topological polar surface area (TPSA) is 58.6 Å². The summed E-state index contributed by atoms with van der Waals surface area (Å²) in [6.07, 6.45) is 0. The van der Waals surface area contributed by atoms with Gasteiger partial charge in [0.15, 0.2) is 5.11 Å². The summed E-state index contributed by atoms with van der Waals surface area (Å²) in [7, 11) is 0. The van der Waals surface area contributed by atoms with E-state index in [0.717, 1.165) is 5.56 Å². The van der Waals surface area contributed by atoms with Gasteiger partial charge < -0.3 is 10.1 Å². The molecule has 0 saturated carbocycles. The fourth-order valence-corrected chi connectivity index (χ4v) is 3.43.